The number of benzene rings is 4. The van der Waals surface area contributed by atoms with Crippen molar-refractivity contribution in [3.8, 4) is 11.1 Å². The van der Waals surface area contributed by atoms with E-state index in [-0.39, 0.29) is 51.0 Å². The van der Waals surface area contributed by atoms with Crippen LogP contribution in [-0.4, -0.2) is 0 Å². The molecule has 0 spiro atoms. The van der Waals surface area contributed by atoms with Crippen LogP contribution in [0.3, 0.4) is 0 Å². The summed E-state index contributed by atoms with van der Waals surface area (Å²) in [5.41, 5.74) is 4.18. The largest absolute Gasteiger partial charge is 3.00 e. The minimum atomic E-state index is 0. The molecule has 5 rings (SSSR count). The van der Waals surface area contributed by atoms with Crippen molar-refractivity contribution < 1.29 is 51.0 Å². The quantitative estimate of drug-likeness (QED) is 0.257. The van der Waals surface area contributed by atoms with Crippen molar-refractivity contribution in [3.63, 3.8) is 0 Å². The Morgan fingerprint density at radius 2 is 1.33 bits per heavy atom. The molecular weight excluding hydrogens is 486 g/mol. The summed E-state index contributed by atoms with van der Waals surface area (Å²) in [6.07, 6.45) is 3.66. The summed E-state index contributed by atoms with van der Waals surface area (Å²) in [5, 5.41) is 8.02. The Hall–Kier alpha value is -1.53. The summed E-state index contributed by atoms with van der Waals surface area (Å²) >= 11 is 0. The zero-order valence-electron chi connectivity index (χ0n) is 17.0. The predicted molar refractivity (Wildman–Crippen MR) is 119 cm³/mol. The van der Waals surface area contributed by atoms with E-state index < -0.39 is 0 Å². The van der Waals surface area contributed by atoms with Crippen LogP contribution in [0, 0.1) is 0 Å². The zero-order valence-corrected chi connectivity index (χ0v) is 20.9. The van der Waals surface area contributed by atoms with Gasteiger partial charge < -0.3 is 24.8 Å². The van der Waals surface area contributed by atoms with E-state index >= 15 is 0 Å². The number of hydrogen-bond acceptors (Lipinski definition) is 0. The van der Waals surface area contributed by atoms with Gasteiger partial charge in [0.05, 0.1) is 0 Å². The van der Waals surface area contributed by atoms with E-state index in [1.54, 1.807) is 0 Å². The molecule has 30 heavy (non-hydrogen) atoms. The van der Waals surface area contributed by atoms with Crippen LogP contribution in [0.5, 0.6) is 0 Å². The molecule has 149 valence electrons. The SMILES string of the molecule is CCCCc1cc2c(-c3c4ccccc4cc4ccccc34)cccc2[cH-]1.[Cl-].[Cl-].[Zr+3]. The van der Waals surface area contributed by atoms with Gasteiger partial charge in [0.1, 0.15) is 0 Å². The smallest absolute Gasteiger partial charge is 1.00 e. The number of aryl methyl sites for hydroxylation is 1. The van der Waals surface area contributed by atoms with Gasteiger partial charge in [-0.2, -0.15) is 6.07 Å². The molecule has 5 aromatic carbocycles. The molecule has 0 aliphatic heterocycles. The van der Waals surface area contributed by atoms with E-state index in [0.29, 0.717) is 0 Å². The summed E-state index contributed by atoms with van der Waals surface area (Å²) in [5.74, 6) is 0. The zero-order chi connectivity index (χ0) is 18.2. The molecule has 0 aliphatic carbocycles. The van der Waals surface area contributed by atoms with Crippen LogP contribution in [0.1, 0.15) is 25.3 Å². The van der Waals surface area contributed by atoms with Crippen LogP contribution < -0.4 is 24.8 Å². The molecule has 0 N–H and O–H groups in total. The number of fused-ring (bicyclic) bond motifs is 3. The van der Waals surface area contributed by atoms with Crippen molar-refractivity contribution in [2.45, 2.75) is 26.2 Å². The Kier molecular flexibility index (Phi) is 8.80. The molecule has 0 fully saturated rings. The van der Waals surface area contributed by atoms with Gasteiger partial charge in [-0.1, -0.05) is 79.9 Å². The van der Waals surface area contributed by atoms with E-state index in [2.05, 4.69) is 91.9 Å². The summed E-state index contributed by atoms with van der Waals surface area (Å²) in [6, 6.07) is 31.4. The molecule has 0 aliphatic rings. The first kappa shape index (κ1) is 24.7. The van der Waals surface area contributed by atoms with Gasteiger partial charge in [0, 0.05) is 0 Å². The van der Waals surface area contributed by atoms with Crippen molar-refractivity contribution in [3.05, 3.63) is 90.5 Å². The fourth-order valence-corrected chi connectivity index (χ4v) is 4.34. The van der Waals surface area contributed by atoms with Crippen molar-refractivity contribution in [2.75, 3.05) is 0 Å². The number of unbranched alkanes of at least 4 members (excludes halogenated alkanes) is 1. The first-order chi connectivity index (χ1) is 13.3. The molecule has 0 amide bonds. The fourth-order valence-electron chi connectivity index (χ4n) is 4.34. The molecular formula is C27H23Cl2Zr. The summed E-state index contributed by atoms with van der Waals surface area (Å²) in [7, 11) is 0. The summed E-state index contributed by atoms with van der Waals surface area (Å²) in [4.78, 5) is 0. The third-order valence-corrected chi connectivity index (χ3v) is 5.67. The van der Waals surface area contributed by atoms with E-state index in [1.807, 2.05) is 0 Å². The van der Waals surface area contributed by atoms with E-state index in [4.69, 9.17) is 0 Å². The third kappa shape index (κ3) is 4.40. The van der Waals surface area contributed by atoms with Crippen LogP contribution in [0.4, 0.5) is 0 Å². The maximum absolute atomic E-state index is 2.41. The minimum Gasteiger partial charge on any atom is -1.00 e. The second-order valence-corrected chi connectivity index (χ2v) is 7.47. The van der Waals surface area contributed by atoms with E-state index in [9.17, 15) is 0 Å². The van der Waals surface area contributed by atoms with E-state index in [1.165, 1.54) is 68.3 Å². The van der Waals surface area contributed by atoms with Gasteiger partial charge in [0.15, 0.2) is 0 Å². The van der Waals surface area contributed by atoms with Gasteiger partial charge in [-0.25, -0.2) is 0 Å². The molecule has 0 nitrogen and oxygen atoms in total. The molecule has 0 saturated carbocycles. The number of halogens is 2. The van der Waals surface area contributed by atoms with Gasteiger partial charge in [-0.3, -0.25) is 0 Å². The van der Waals surface area contributed by atoms with Crippen LogP contribution >= 0.6 is 0 Å². The average molecular weight is 510 g/mol. The molecule has 0 unspecified atom stereocenters. The van der Waals surface area contributed by atoms with Crippen LogP contribution in [-0.2, 0) is 32.6 Å². The first-order valence-corrected chi connectivity index (χ1v) is 9.94. The van der Waals surface area contributed by atoms with Crippen LogP contribution in [0.25, 0.3) is 43.4 Å². The molecule has 1 radical (unpaired) electrons. The van der Waals surface area contributed by atoms with E-state index in [0.717, 1.165) is 0 Å². The topological polar surface area (TPSA) is 0 Å². The van der Waals surface area contributed by atoms with Crippen LogP contribution in [0.2, 0.25) is 0 Å². The van der Waals surface area contributed by atoms with Gasteiger partial charge in [0.25, 0.3) is 0 Å². The van der Waals surface area contributed by atoms with Gasteiger partial charge in [-0.05, 0) is 39.6 Å². The standard InChI is InChI=1S/C27H23.2ClH.Zr/c1-2-3-9-19-16-20-12-8-15-25(26(20)17-19)27-23-13-6-4-10-21(23)18-22-11-5-7-14-24(22)27;;;/h4-8,10-18H,2-3,9H2,1H3;2*1H;/q-1;;;+3/p-2. The van der Waals surface area contributed by atoms with Crippen LogP contribution in [0.15, 0.2) is 84.9 Å². The van der Waals surface area contributed by atoms with Crippen molar-refractivity contribution in [1.29, 1.82) is 0 Å². The predicted octanol–water partition coefficient (Wildman–Crippen LogP) is 1.88. The second-order valence-electron chi connectivity index (χ2n) is 7.47. The third-order valence-electron chi connectivity index (χ3n) is 5.67. The maximum atomic E-state index is 2.41. The molecule has 0 saturated heterocycles. The first-order valence-electron chi connectivity index (χ1n) is 9.94. The molecule has 0 bridgehead atoms. The van der Waals surface area contributed by atoms with Crippen molar-refractivity contribution >= 4 is 32.3 Å². The van der Waals surface area contributed by atoms with Gasteiger partial charge >= 0.3 is 26.2 Å². The second kappa shape index (κ2) is 10.7. The minimum absolute atomic E-state index is 0. The normalized spacial score (nSPS) is 10.4. The van der Waals surface area contributed by atoms with Gasteiger partial charge in [-0.15, -0.1) is 34.5 Å². The van der Waals surface area contributed by atoms with Crippen molar-refractivity contribution in [2.24, 2.45) is 0 Å². The molecule has 0 atom stereocenters. The summed E-state index contributed by atoms with van der Waals surface area (Å²) in [6.45, 7) is 2.26. The Morgan fingerprint density at radius 3 is 1.97 bits per heavy atom. The Bertz CT molecular complexity index is 1220. The molecule has 5 aromatic rings. The molecule has 0 aromatic heterocycles. The summed E-state index contributed by atoms with van der Waals surface area (Å²) < 4.78 is 0. The Labute approximate surface area is 210 Å². The molecule has 0 heterocycles. The van der Waals surface area contributed by atoms with Crippen molar-refractivity contribution in [1.82, 2.24) is 0 Å². The Morgan fingerprint density at radius 1 is 0.700 bits per heavy atom. The number of rotatable bonds is 4. The Balaban J connectivity index is 0.00000107. The van der Waals surface area contributed by atoms with Gasteiger partial charge in [0.2, 0.25) is 0 Å². The maximum Gasteiger partial charge on any atom is 3.00 e. The average Bonchev–Trinajstić information content (AvgIpc) is 3.13. The fraction of sp³-hybridized carbons (Fsp3) is 0.148. The monoisotopic (exact) mass is 507 g/mol. The molecule has 3 heteroatoms. The number of hydrogen-bond donors (Lipinski definition) is 0.